The van der Waals surface area contributed by atoms with Crippen molar-refractivity contribution in [3.63, 3.8) is 0 Å². The second-order valence-electron chi connectivity index (χ2n) is 6.24. The van der Waals surface area contributed by atoms with Crippen molar-refractivity contribution in [3.8, 4) is 0 Å². The highest BCUT2D eigenvalue weighted by molar-refractivity contribution is 6.09. The van der Waals surface area contributed by atoms with Gasteiger partial charge in [0.25, 0.3) is 11.8 Å². The standard InChI is InChI=1S/C22H19N3O4/c1-14-6-5-7-16(12-14)24-20(26)15-10-11-23-19(13-15)21(27)25-18-9-4-3-8-17(18)22(28)29-2/h3-13H,1-2H3,(H,24,26)(H,25,27). The van der Waals surface area contributed by atoms with Gasteiger partial charge in [0.15, 0.2) is 0 Å². The number of amides is 2. The Morgan fingerprint density at radius 2 is 1.69 bits per heavy atom. The van der Waals surface area contributed by atoms with Crippen LogP contribution in [-0.2, 0) is 4.74 Å². The number of rotatable bonds is 5. The van der Waals surface area contributed by atoms with Crippen molar-refractivity contribution in [1.29, 1.82) is 0 Å². The molecule has 2 N–H and O–H groups in total. The highest BCUT2D eigenvalue weighted by Gasteiger charge is 2.16. The number of nitrogens with one attached hydrogen (secondary N) is 2. The summed E-state index contributed by atoms with van der Waals surface area (Å²) in [6.07, 6.45) is 1.38. The van der Waals surface area contributed by atoms with E-state index in [1.807, 2.05) is 25.1 Å². The number of benzene rings is 2. The van der Waals surface area contributed by atoms with E-state index in [-0.39, 0.29) is 22.7 Å². The van der Waals surface area contributed by atoms with Crippen LogP contribution in [0.1, 0.15) is 36.8 Å². The molecule has 0 radical (unpaired) electrons. The van der Waals surface area contributed by atoms with Crippen molar-refractivity contribution in [2.45, 2.75) is 6.92 Å². The number of carbonyl (C=O) groups excluding carboxylic acids is 3. The van der Waals surface area contributed by atoms with Crippen LogP contribution in [0, 0.1) is 6.92 Å². The molecule has 0 saturated carbocycles. The van der Waals surface area contributed by atoms with Gasteiger partial charge in [0.05, 0.1) is 18.4 Å². The third-order valence-electron chi connectivity index (χ3n) is 4.11. The molecular weight excluding hydrogens is 370 g/mol. The number of ether oxygens (including phenoxy) is 1. The normalized spacial score (nSPS) is 10.1. The minimum atomic E-state index is -0.569. The monoisotopic (exact) mass is 389 g/mol. The lowest BCUT2D eigenvalue weighted by atomic mass is 10.1. The zero-order valence-corrected chi connectivity index (χ0v) is 15.9. The predicted octanol–water partition coefficient (Wildman–Crippen LogP) is 3.68. The van der Waals surface area contributed by atoms with Crippen LogP contribution in [0.5, 0.6) is 0 Å². The molecule has 0 bridgehead atoms. The number of hydrogen-bond acceptors (Lipinski definition) is 5. The fourth-order valence-electron chi connectivity index (χ4n) is 2.69. The van der Waals surface area contributed by atoms with Gasteiger partial charge in [0.2, 0.25) is 0 Å². The number of hydrogen-bond donors (Lipinski definition) is 2. The summed E-state index contributed by atoms with van der Waals surface area (Å²) < 4.78 is 4.72. The summed E-state index contributed by atoms with van der Waals surface area (Å²) in [5.74, 6) is -1.48. The Kier molecular flexibility index (Phi) is 5.99. The van der Waals surface area contributed by atoms with Crippen LogP contribution in [-0.4, -0.2) is 29.9 Å². The number of aryl methyl sites for hydroxylation is 1. The van der Waals surface area contributed by atoms with E-state index in [0.29, 0.717) is 11.4 Å². The zero-order valence-electron chi connectivity index (χ0n) is 15.9. The average Bonchev–Trinajstić information content (AvgIpc) is 2.73. The average molecular weight is 389 g/mol. The Hall–Kier alpha value is -4.00. The molecule has 0 aliphatic heterocycles. The summed E-state index contributed by atoms with van der Waals surface area (Å²) in [7, 11) is 1.26. The fraction of sp³-hybridized carbons (Fsp3) is 0.0909. The van der Waals surface area contributed by atoms with E-state index >= 15 is 0 Å². The lowest BCUT2D eigenvalue weighted by molar-refractivity contribution is 0.0601. The number of pyridine rings is 1. The quantitative estimate of drug-likeness (QED) is 0.649. The topological polar surface area (TPSA) is 97.4 Å². The maximum atomic E-state index is 12.6. The van der Waals surface area contributed by atoms with Crippen LogP contribution in [0.2, 0.25) is 0 Å². The molecule has 0 aliphatic carbocycles. The molecule has 7 heteroatoms. The van der Waals surface area contributed by atoms with Crippen LogP contribution >= 0.6 is 0 Å². The molecule has 3 aromatic rings. The molecule has 0 fully saturated rings. The second kappa shape index (κ2) is 8.79. The maximum Gasteiger partial charge on any atom is 0.339 e. The van der Waals surface area contributed by atoms with E-state index in [9.17, 15) is 14.4 Å². The molecule has 3 rings (SSSR count). The molecular formula is C22H19N3O4. The molecule has 29 heavy (non-hydrogen) atoms. The summed E-state index contributed by atoms with van der Waals surface area (Å²) in [5, 5.41) is 5.42. The molecule has 2 amide bonds. The number of carbonyl (C=O) groups is 3. The van der Waals surface area contributed by atoms with Gasteiger partial charge in [-0.1, -0.05) is 24.3 Å². The van der Waals surface area contributed by atoms with Gasteiger partial charge in [-0.25, -0.2) is 4.79 Å². The highest BCUT2D eigenvalue weighted by atomic mass is 16.5. The van der Waals surface area contributed by atoms with Crippen molar-refractivity contribution in [2.75, 3.05) is 17.7 Å². The first-order chi connectivity index (χ1) is 14.0. The van der Waals surface area contributed by atoms with Crippen molar-refractivity contribution in [1.82, 2.24) is 4.98 Å². The van der Waals surface area contributed by atoms with Crippen molar-refractivity contribution >= 4 is 29.2 Å². The SMILES string of the molecule is COC(=O)c1ccccc1NC(=O)c1cc(C(=O)Nc2cccc(C)c2)ccn1. The summed E-state index contributed by atoms with van der Waals surface area (Å²) in [6, 6.07) is 16.8. The number of anilines is 2. The van der Waals surface area contributed by atoms with Gasteiger partial charge in [-0.2, -0.15) is 0 Å². The Morgan fingerprint density at radius 3 is 2.45 bits per heavy atom. The van der Waals surface area contributed by atoms with Gasteiger partial charge in [0.1, 0.15) is 5.69 Å². The zero-order chi connectivity index (χ0) is 20.8. The number of aromatic nitrogens is 1. The van der Waals surface area contributed by atoms with Gasteiger partial charge < -0.3 is 15.4 Å². The summed E-state index contributed by atoms with van der Waals surface area (Å²) in [6.45, 7) is 1.93. The van der Waals surface area contributed by atoms with E-state index in [1.54, 1.807) is 30.3 Å². The molecule has 1 aromatic heterocycles. The number of nitrogens with zero attached hydrogens (tertiary/aromatic N) is 1. The van der Waals surface area contributed by atoms with Gasteiger partial charge in [0, 0.05) is 17.4 Å². The van der Waals surface area contributed by atoms with E-state index < -0.39 is 11.9 Å². The molecule has 146 valence electrons. The first-order valence-electron chi connectivity index (χ1n) is 8.80. The summed E-state index contributed by atoms with van der Waals surface area (Å²) in [5.41, 5.74) is 2.51. The minimum Gasteiger partial charge on any atom is -0.465 e. The van der Waals surface area contributed by atoms with E-state index in [0.717, 1.165) is 5.56 Å². The van der Waals surface area contributed by atoms with Crippen molar-refractivity contribution in [2.24, 2.45) is 0 Å². The fourth-order valence-corrected chi connectivity index (χ4v) is 2.69. The number of esters is 1. The van der Waals surface area contributed by atoms with Crippen LogP contribution in [0.15, 0.2) is 66.9 Å². The Bertz CT molecular complexity index is 1080. The maximum absolute atomic E-state index is 12.6. The molecule has 0 atom stereocenters. The van der Waals surface area contributed by atoms with Gasteiger partial charge in [-0.3, -0.25) is 14.6 Å². The van der Waals surface area contributed by atoms with E-state index in [2.05, 4.69) is 15.6 Å². The van der Waals surface area contributed by atoms with Gasteiger partial charge >= 0.3 is 5.97 Å². The highest BCUT2D eigenvalue weighted by Crippen LogP contribution is 2.17. The van der Waals surface area contributed by atoms with Crippen LogP contribution in [0.25, 0.3) is 0 Å². The van der Waals surface area contributed by atoms with E-state index in [4.69, 9.17) is 4.74 Å². The first-order valence-corrected chi connectivity index (χ1v) is 8.80. The molecule has 2 aromatic carbocycles. The molecule has 0 aliphatic rings. The van der Waals surface area contributed by atoms with Gasteiger partial charge in [-0.05, 0) is 48.9 Å². The lowest BCUT2D eigenvalue weighted by Crippen LogP contribution is -2.18. The Labute approximate surface area is 167 Å². The third kappa shape index (κ3) is 4.84. The van der Waals surface area contributed by atoms with E-state index in [1.165, 1.54) is 25.4 Å². The Morgan fingerprint density at radius 1 is 0.897 bits per heavy atom. The lowest BCUT2D eigenvalue weighted by Gasteiger charge is -2.10. The first kappa shape index (κ1) is 19.8. The second-order valence-corrected chi connectivity index (χ2v) is 6.24. The number of methoxy groups -OCH3 is 1. The van der Waals surface area contributed by atoms with Crippen molar-refractivity contribution < 1.29 is 19.1 Å². The minimum absolute atomic E-state index is 0.0431. The Balaban J connectivity index is 1.78. The smallest absolute Gasteiger partial charge is 0.339 e. The molecule has 0 spiro atoms. The molecule has 0 unspecified atom stereocenters. The van der Waals surface area contributed by atoms with Crippen molar-refractivity contribution in [3.05, 3.63) is 89.2 Å². The largest absolute Gasteiger partial charge is 0.465 e. The van der Waals surface area contributed by atoms with Crippen LogP contribution in [0.4, 0.5) is 11.4 Å². The molecule has 1 heterocycles. The molecule has 7 nitrogen and oxygen atoms in total. The summed E-state index contributed by atoms with van der Waals surface area (Å²) >= 11 is 0. The number of para-hydroxylation sites is 1. The van der Waals surface area contributed by atoms with Crippen LogP contribution < -0.4 is 10.6 Å². The third-order valence-corrected chi connectivity index (χ3v) is 4.11. The predicted molar refractivity (Wildman–Crippen MR) is 109 cm³/mol. The summed E-state index contributed by atoms with van der Waals surface area (Å²) in [4.78, 5) is 41.0. The molecule has 0 saturated heterocycles. The van der Waals surface area contributed by atoms with Crippen LogP contribution in [0.3, 0.4) is 0 Å². The van der Waals surface area contributed by atoms with Gasteiger partial charge in [-0.15, -0.1) is 0 Å².